The molecule has 0 atom stereocenters. The number of benzene rings is 2. The van der Waals surface area contributed by atoms with Gasteiger partial charge in [0.15, 0.2) is 0 Å². The summed E-state index contributed by atoms with van der Waals surface area (Å²) in [6.45, 7) is 1.99. The van der Waals surface area contributed by atoms with E-state index < -0.39 is 0 Å². The summed E-state index contributed by atoms with van der Waals surface area (Å²) in [5.74, 6) is 1.40. The van der Waals surface area contributed by atoms with Crippen LogP contribution in [0.25, 0.3) is 0 Å². The highest BCUT2D eigenvalue weighted by molar-refractivity contribution is 5.66. The molecule has 0 aliphatic heterocycles. The van der Waals surface area contributed by atoms with E-state index in [0.717, 1.165) is 28.4 Å². The number of para-hydroxylation sites is 1. The first-order valence-electron chi connectivity index (χ1n) is 7.38. The Morgan fingerprint density at radius 1 is 1.04 bits per heavy atom. The molecule has 0 radical (unpaired) electrons. The fourth-order valence-corrected chi connectivity index (χ4v) is 2.34. The van der Waals surface area contributed by atoms with Crippen molar-refractivity contribution in [2.45, 2.75) is 6.92 Å². The van der Waals surface area contributed by atoms with Crippen molar-refractivity contribution in [3.63, 3.8) is 0 Å². The molecule has 0 bridgehead atoms. The van der Waals surface area contributed by atoms with Crippen molar-refractivity contribution in [2.75, 3.05) is 23.0 Å². The Bertz CT molecular complexity index is 802. The van der Waals surface area contributed by atoms with Crippen LogP contribution in [0.2, 0.25) is 0 Å². The molecule has 23 heavy (non-hydrogen) atoms. The number of nitrogens with two attached hydrogens (primary N) is 1. The second kappa shape index (κ2) is 6.36. The highest BCUT2D eigenvalue weighted by Crippen LogP contribution is 2.27. The molecule has 3 aromatic rings. The molecule has 0 spiro atoms. The van der Waals surface area contributed by atoms with Crippen molar-refractivity contribution in [2.24, 2.45) is 0 Å². The van der Waals surface area contributed by atoms with Gasteiger partial charge in [0.05, 0.1) is 0 Å². The van der Waals surface area contributed by atoms with Gasteiger partial charge in [0.2, 0.25) is 5.95 Å². The minimum atomic E-state index is 0.563. The van der Waals surface area contributed by atoms with E-state index in [1.54, 1.807) is 0 Å². The van der Waals surface area contributed by atoms with Gasteiger partial charge in [-0.1, -0.05) is 24.3 Å². The molecule has 5 heteroatoms. The molecule has 5 nitrogen and oxygen atoms in total. The molecule has 0 amide bonds. The van der Waals surface area contributed by atoms with Crippen molar-refractivity contribution in [3.05, 3.63) is 66.4 Å². The summed E-state index contributed by atoms with van der Waals surface area (Å²) in [4.78, 5) is 11.0. The lowest BCUT2D eigenvalue weighted by molar-refractivity contribution is 1.06. The van der Waals surface area contributed by atoms with E-state index in [9.17, 15) is 0 Å². The molecule has 0 saturated heterocycles. The molecule has 3 rings (SSSR count). The number of hydrogen-bond donors (Lipinski definition) is 2. The van der Waals surface area contributed by atoms with Crippen LogP contribution in [0.3, 0.4) is 0 Å². The van der Waals surface area contributed by atoms with Gasteiger partial charge in [-0.3, -0.25) is 0 Å². The Kier molecular flexibility index (Phi) is 4.10. The molecule has 2 aromatic carbocycles. The number of hydrogen-bond acceptors (Lipinski definition) is 5. The average molecular weight is 305 g/mol. The normalized spacial score (nSPS) is 10.3. The zero-order valence-electron chi connectivity index (χ0n) is 13.2. The maximum atomic E-state index is 5.87. The number of nitrogen functional groups attached to an aromatic ring is 1. The van der Waals surface area contributed by atoms with Crippen LogP contribution >= 0.6 is 0 Å². The van der Waals surface area contributed by atoms with Crippen molar-refractivity contribution < 1.29 is 0 Å². The van der Waals surface area contributed by atoms with Gasteiger partial charge in [0, 0.05) is 35.9 Å². The smallest absolute Gasteiger partial charge is 0.229 e. The van der Waals surface area contributed by atoms with Crippen LogP contribution in [0.4, 0.5) is 28.8 Å². The topological polar surface area (TPSA) is 67.1 Å². The Morgan fingerprint density at radius 2 is 1.83 bits per heavy atom. The van der Waals surface area contributed by atoms with Gasteiger partial charge in [-0.15, -0.1) is 0 Å². The van der Waals surface area contributed by atoms with E-state index >= 15 is 0 Å². The molecular formula is C18H19N5. The van der Waals surface area contributed by atoms with E-state index in [4.69, 9.17) is 5.73 Å². The number of aryl methyl sites for hydroxylation is 1. The van der Waals surface area contributed by atoms with Gasteiger partial charge in [-0.25, -0.2) is 4.98 Å². The van der Waals surface area contributed by atoms with Crippen LogP contribution in [0.1, 0.15) is 5.56 Å². The van der Waals surface area contributed by atoms with Gasteiger partial charge >= 0.3 is 0 Å². The van der Waals surface area contributed by atoms with Gasteiger partial charge in [0.25, 0.3) is 0 Å². The molecule has 0 fully saturated rings. The first-order chi connectivity index (χ1) is 11.1. The van der Waals surface area contributed by atoms with E-state index in [2.05, 4.69) is 15.3 Å². The van der Waals surface area contributed by atoms with Crippen molar-refractivity contribution in [1.82, 2.24) is 9.97 Å². The molecule has 3 N–H and O–H groups in total. The molecule has 1 aromatic heterocycles. The summed E-state index contributed by atoms with van der Waals surface area (Å²) >= 11 is 0. The van der Waals surface area contributed by atoms with E-state index in [1.165, 1.54) is 0 Å². The molecule has 116 valence electrons. The van der Waals surface area contributed by atoms with Crippen LogP contribution in [-0.2, 0) is 0 Å². The number of aromatic nitrogens is 2. The van der Waals surface area contributed by atoms with Gasteiger partial charge < -0.3 is 16.0 Å². The van der Waals surface area contributed by atoms with E-state index in [-0.39, 0.29) is 0 Å². The Morgan fingerprint density at radius 3 is 2.57 bits per heavy atom. The summed E-state index contributed by atoms with van der Waals surface area (Å²) in [5, 5.41) is 3.22. The van der Waals surface area contributed by atoms with Crippen LogP contribution in [-0.4, -0.2) is 17.0 Å². The standard InChI is InChI=1S/C18H19N5/c1-13-12-20-18(21-15-8-4-3-5-9-15)22-17(13)23(2)16-10-6-7-14(19)11-16/h3-12H,19H2,1-2H3,(H,20,21,22). The second-order valence-corrected chi connectivity index (χ2v) is 5.35. The largest absolute Gasteiger partial charge is 0.399 e. The fraction of sp³-hybridized carbons (Fsp3) is 0.111. The predicted molar refractivity (Wildman–Crippen MR) is 95.4 cm³/mol. The molecule has 1 heterocycles. The van der Waals surface area contributed by atoms with Gasteiger partial charge in [-0.2, -0.15) is 4.98 Å². The van der Waals surface area contributed by atoms with Crippen molar-refractivity contribution in [3.8, 4) is 0 Å². The summed E-state index contributed by atoms with van der Waals surface area (Å²) in [5.41, 5.74) is 9.53. The van der Waals surface area contributed by atoms with E-state index in [1.807, 2.05) is 79.7 Å². The quantitative estimate of drug-likeness (QED) is 0.716. The third-order valence-corrected chi connectivity index (χ3v) is 3.55. The van der Waals surface area contributed by atoms with Gasteiger partial charge in [0.1, 0.15) is 5.82 Å². The molecule has 0 aliphatic rings. The fourth-order valence-electron chi connectivity index (χ4n) is 2.34. The summed E-state index contributed by atoms with van der Waals surface area (Å²) < 4.78 is 0. The number of rotatable bonds is 4. The number of nitrogens with one attached hydrogen (secondary N) is 1. The number of anilines is 5. The summed E-state index contributed by atoms with van der Waals surface area (Å²) in [6.07, 6.45) is 1.82. The maximum absolute atomic E-state index is 5.87. The number of nitrogens with zero attached hydrogens (tertiary/aromatic N) is 3. The average Bonchev–Trinajstić information content (AvgIpc) is 2.57. The third-order valence-electron chi connectivity index (χ3n) is 3.55. The lowest BCUT2D eigenvalue weighted by Crippen LogP contribution is -2.14. The first kappa shape index (κ1) is 14.8. The predicted octanol–water partition coefficient (Wildman–Crippen LogP) is 3.88. The minimum Gasteiger partial charge on any atom is -0.399 e. The zero-order valence-corrected chi connectivity index (χ0v) is 13.2. The zero-order chi connectivity index (χ0) is 16.2. The van der Waals surface area contributed by atoms with Crippen molar-refractivity contribution >= 4 is 28.8 Å². The second-order valence-electron chi connectivity index (χ2n) is 5.35. The first-order valence-corrected chi connectivity index (χ1v) is 7.38. The highest BCUT2D eigenvalue weighted by atomic mass is 15.2. The lowest BCUT2D eigenvalue weighted by atomic mass is 10.2. The van der Waals surface area contributed by atoms with Crippen molar-refractivity contribution in [1.29, 1.82) is 0 Å². The third kappa shape index (κ3) is 3.40. The SMILES string of the molecule is Cc1cnc(Nc2ccccc2)nc1N(C)c1cccc(N)c1. The molecule has 0 saturated carbocycles. The van der Waals surface area contributed by atoms with E-state index in [0.29, 0.717) is 5.95 Å². The van der Waals surface area contributed by atoms with Crippen LogP contribution in [0.15, 0.2) is 60.8 Å². The van der Waals surface area contributed by atoms with Crippen LogP contribution in [0, 0.1) is 6.92 Å². The summed E-state index contributed by atoms with van der Waals surface area (Å²) in [7, 11) is 1.97. The Labute approximate surface area is 135 Å². The monoisotopic (exact) mass is 305 g/mol. The maximum Gasteiger partial charge on any atom is 0.229 e. The summed E-state index contributed by atoms with van der Waals surface area (Å²) in [6, 6.07) is 17.6. The Hall–Kier alpha value is -3.08. The highest BCUT2D eigenvalue weighted by Gasteiger charge is 2.11. The molecular weight excluding hydrogens is 286 g/mol. The molecule has 0 unspecified atom stereocenters. The van der Waals surface area contributed by atoms with Crippen LogP contribution in [0.5, 0.6) is 0 Å². The van der Waals surface area contributed by atoms with Gasteiger partial charge in [-0.05, 0) is 37.3 Å². The minimum absolute atomic E-state index is 0.563. The van der Waals surface area contributed by atoms with Crippen LogP contribution < -0.4 is 16.0 Å². The lowest BCUT2D eigenvalue weighted by Gasteiger charge is -2.21. The Balaban J connectivity index is 1.91. The molecule has 0 aliphatic carbocycles.